The third kappa shape index (κ3) is 3.66. The molecule has 7 nitrogen and oxygen atoms in total. The van der Waals surface area contributed by atoms with E-state index in [2.05, 4.69) is 15.3 Å². The van der Waals surface area contributed by atoms with E-state index in [-0.39, 0.29) is 18.0 Å². The molecule has 0 bridgehead atoms. The summed E-state index contributed by atoms with van der Waals surface area (Å²) in [6, 6.07) is -0.545. The molecule has 1 aromatic rings. The topological polar surface area (TPSA) is 95.4 Å². The van der Waals surface area contributed by atoms with Gasteiger partial charge in [0.1, 0.15) is 11.9 Å². The number of carbonyl (C=O) groups is 2. The summed E-state index contributed by atoms with van der Waals surface area (Å²) in [5.41, 5.74) is 1.01. The zero-order valence-electron chi connectivity index (χ0n) is 14.2. The second kappa shape index (κ2) is 6.71. The van der Waals surface area contributed by atoms with Crippen LogP contribution in [0.25, 0.3) is 0 Å². The van der Waals surface area contributed by atoms with Crippen LogP contribution in [0.4, 0.5) is 0 Å². The molecule has 2 saturated carbocycles. The molecule has 1 amide bonds. The van der Waals surface area contributed by atoms with E-state index in [1.165, 1.54) is 12.8 Å². The van der Waals surface area contributed by atoms with Gasteiger partial charge in [0.25, 0.3) is 0 Å². The van der Waals surface area contributed by atoms with Crippen molar-refractivity contribution in [1.82, 2.24) is 20.2 Å². The van der Waals surface area contributed by atoms with Crippen molar-refractivity contribution in [2.75, 3.05) is 6.54 Å². The van der Waals surface area contributed by atoms with Gasteiger partial charge in [0.2, 0.25) is 5.91 Å². The molecule has 4 rings (SSSR count). The summed E-state index contributed by atoms with van der Waals surface area (Å²) in [5, 5.41) is 12.3. The van der Waals surface area contributed by atoms with Gasteiger partial charge in [-0.25, -0.2) is 9.97 Å². The molecular weight excluding hydrogens is 320 g/mol. The molecule has 7 heteroatoms. The van der Waals surface area contributed by atoms with Crippen LogP contribution in [-0.4, -0.2) is 56.5 Å². The summed E-state index contributed by atoms with van der Waals surface area (Å²) >= 11 is 0. The number of nitrogens with one attached hydrogen (secondary N) is 1. The van der Waals surface area contributed by atoms with Crippen LogP contribution in [0.1, 0.15) is 55.8 Å². The second-order valence-corrected chi connectivity index (χ2v) is 7.39. The fourth-order valence-corrected chi connectivity index (χ4v) is 3.72. The second-order valence-electron chi connectivity index (χ2n) is 7.39. The van der Waals surface area contributed by atoms with Gasteiger partial charge < -0.3 is 10.4 Å². The maximum absolute atomic E-state index is 12.5. The van der Waals surface area contributed by atoms with Gasteiger partial charge in [-0.2, -0.15) is 0 Å². The Balaban J connectivity index is 1.28. The van der Waals surface area contributed by atoms with Crippen molar-refractivity contribution in [2.45, 2.75) is 69.0 Å². The van der Waals surface area contributed by atoms with E-state index in [0.717, 1.165) is 24.2 Å². The quantitative estimate of drug-likeness (QED) is 0.769. The van der Waals surface area contributed by atoms with E-state index in [1.807, 2.05) is 17.3 Å². The lowest BCUT2D eigenvalue weighted by Crippen LogP contribution is -2.49. The minimum atomic E-state index is -0.810. The molecule has 3 fully saturated rings. The summed E-state index contributed by atoms with van der Waals surface area (Å²) in [6.07, 6.45) is 9.93. The first-order chi connectivity index (χ1) is 12.1. The Morgan fingerprint density at radius 3 is 2.36 bits per heavy atom. The monoisotopic (exact) mass is 344 g/mol. The third-order valence-corrected chi connectivity index (χ3v) is 5.37. The summed E-state index contributed by atoms with van der Waals surface area (Å²) < 4.78 is 0. The Labute approximate surface area is 146 Å². The number of carboxylic acid groups (broad SMARTS) is 1. The molecule has 2 aliphatic carbocycles. The lowest BCUT2D eigenvalue weighted by molar-refractivity contribution is -0.143. The highest BCUT2D eigenvalue weighted by molar-refractivity contribution is 5.84. The maximum Gasteiger partial charge on any atom is 0.320 e. The zero-order valence-corrected chi connectivity index (χ0v) is 14.2. The highest BCUT2D eigenvalue weighted by Crippen LogP contribution is 2.38. The lowest BCUT2D eigenvalue weighted by Gasteiger charge is -2.27. The molecule has 25 heavy (non-hydrogen) atoms. The van der Waals surface area contributed by atoms with Gasteiger partial charge in [0, 0.05) is 30.9 Å². The molecule has 2 atom stereocenters. The predicted molar refractivity (Wildman–Crippen MR) is 90.0 cm³/mol. The van der Waals surface area contributed by atoms with Gasteiger partial charge in [-0.3, -0.25) is 14.5 Å². The number of likely N-dealkylation sites (tertiary alicyclic amines) is 1. The average molecular weight is 344 g/mol. The van der Waals surface area contributed by atoms with E-state index in [1.54, 1.807) is 0 Å². The molecule has 0 aromatic carbocycles. The minimum absolute atomic E-state index is 0.0498. The van der Waals surface area contributed by atoms with Gasteiger partial charge in [0.05, 0.1) is 6.04 Å². The van der Waals surface area contributed by atoms with Crippen LogP contribution in [0.15, 0.2) is 12.4 Å². The van der Waals surface area contributed by atoms with Crippen LogP contribution in [-0.2, 0) is 16.0 Å². The highest BCUT2D eigenvalue weighted by atomic mass is 16.4. The first kappa shape index (κ1) is 16.4. The van der Waals surface area contributed by atoms with Crippen molar-refractivity contribution >= 4 is 11.9 Å². The highest BCUT2D eigenvalue weighted by Gasteiger charge is 2.48. The minimum Gasteiger partial charge on any atom is -0.480 e. The molecule has 2 unspecified atom stereocenters. The molecule has 1 saturated heterocycles. The maximum atomic E-state index is 12.5. The fourth-order valence-electron chi connectivity index (χ4n) is 3.72. The molecule has 2 N–H and O–H groups in total. The molecule has 2 heterocycles. The number of hydrogen-bond donors (Lipinski definition) is 2. The van der Waals surface area contributed by atoms with Crippen molar-refractivity contribution in [3.05, 3.63) is 23.8 Å². The van der Waals surface area contributed by atoms with Crippen LogP contribution < -0.4 is 5.32 Å². The Kier molecular flexibility index (Phi) is 4.41. The average Bonchev–Trinajstić information content (AvgIpc) is 3.53. The van der Waals surface area contributed by atoms with Crippen molar-refractivity contribution < 1.29 is 14.7 Å². The van der Waals surface area contributed by atoms with E-state index in [0.29, 0.717) is 31.7 Å². The lowest BCUT2D eigenvalue weighted by atomic mass is 10.2. The molecule has 0 spiro atoms. The number of aromatic nitrogens is 2. The van der Waals surface area contributed by atoms with Crippen molar-refractivity contribution in [1.29, 1.82) is 0 Å². The third-order valence-electron chi connectivity index (χ3n) is 5.37. The normalized spacial score (nSPS) is 26.6. The molecule has 134 valence electrons. The Bertz CT molecular complexity index is 655. The predicted octanol–water partition coefficient (Wildman–Crippen LogP) is 1.09. The van der Waals surface area contributed by atoms with E-state index in [4.69, 9.17) is 0 Å². The Morgan fingerprint density at radius 2 is 1.76 bits per heavy atom. The molecule has 3 aliphatic rings. The number of aliphatic carboxylic acids is 1. The molecular formula is C18H24N4O3. The first-order valence-electron chi connectivity index (χ1n) is 9.22. The number of hydrogen-bond acceptors (Lipinski definition) is 5. The Morgan fingerprint density at radius 1 is 1.08 bits per heavy atom. The van der Waals surface area contributed by atoms with Crippen LogP contribution in [0, 0.1) is 0 Å². The summed E-state index contributed by atoms with van der Waals surface area (Å²) in [5.74, 6) is 0.617. The van der Waals surface area contributed by atoms with Crippen molar-refractivity contribution in [3.63, 3.8) is 0 Å². The fraction of sp³-hybridized carbons (Fsp3) is 0.667. The standard InChI is InChI=1S/C18H24N4O3/c23-17(14-5-6-15(18(24)25)22(14)13-3-4-13)19-8-7-11-9-20-16(21-10-11)12-1-2-12/h9-10,12-15H,1-8H2,(H,19,23)(H,24,25). The molecule has 1 aromatic heterocycles. The summed E-state index contributed by atoms with van der Waals surface area (Å²) in [6.45, 7) is 0.526. The number of nitrogens with zero attached hydrogens (tertiary/aromatic N) is 3. The van der Waals surface area contributed by atoms with Gasteiger partial charge in [-0.15, -0.1) is 0 Å². The van der Waals surface area contributed by atoms with Gasteiger partial charge in [-0.05, 0) is 50.5 Å². The molecule has 0 radical (unpaired) electrons. The van der Waals surface area contributed by atoms with Crippen LogP contribution in [0.5, 0.6) is 0 Å². The van der Waals surface area contributed by atoms with Crippen molar-refractivity contribution in [3.8, 4) is 0 Å². The van der Waals surface area contributed by atoms with Crippen molar-refractivity contribution in [2.24, 2.45) is 0 Å². The van der Waals surface area contributed by atoms with Crippen LogP contribution >= 0.6 is 0 Å². The van der Waals surface area contributed by atoms with Gasteiger partial charge in [0.15, 0.2) is 0 Å². The summed E-state index contributed by atoms with van der Waals surface area (Å²) in [4.78, 5) is 34.6. The SMILES string of the molecule is O=C(O)C1CCC(C(=O)NCCc2cnc(C3CC3)nc2)N1C1CC1. The van der Waals surface area contributed by atoms with Gasteiger partial charge >= 0.3 is 5.97 Å². The number of carbonyl (C=O) groups excluding carboxylic acids is 1. The number of carboxylic acids is 1. The van der Waals surface area contributed by atoms with Crippen LogP contribution in [0.3, 0.4) is 0 Å². The Hall–Kier alpha value is -2.02. The number of rotatable bonds is 7. The molecule has 1 aliphatic heterocycles. The largest absolute Gasteiger partial charge is 0.480 e. The first-order valence-corrected chi connectivity index (χ1v) is 9.22. The number of amides is 1. The van der Waals surface area contributed by atoms with Gasteiger partial charge in [-0.1, -0.05) is 0 Å². The smallest absolute Gasteiger partial charge is 0.320 e. The zero-order chi connectivity index (χ0) is 17.4. The van der Waals surface area contributed by atoms with E-state index in [9.17, 15) is 14.7 Å². The summed E-state index contributed by atoms with van der Waals surface area (Å²) in [7, 11) is 0. The van der Waals surface area contributed by atoms with E-state index < -0.39 is 12.0 Å². The van der Waals surface area contributed by atoms with E-state index >= 15 is 0 Å². The van der Waals surface area contributed by atoms with Crippen LogP contribution in [0.2, 0.25) is 0 Å².